The molecule has 28 heavy (non-hydrogen) atoms. The highest BCUT2D eigenvalue weighted by Gasteiger charge is 2.22. The average Bonchev–Trinajstić information content (AvgIpc) is 3.06. The first kappa shape index (κ1) is 20.9. The normalized spacial score (nSPS) is 16.5. The zero-order chi connectivity index (χ0) is 19.9. The topological polar surface area (TPSA) is 79.8 Å². The number of phenols is 1. The van der Waals surface area contributed by atoms with Gasteiger partial charge in [-0.2, -0.15) is 5.10 Å². The van der Waals surface area contributed by atoms with Gasteiger partial charge in [0.2, 0.25) is 0 Å². The van der Waals surface area contributed by atoms with Crippen molar-refractivity contribution >= 4 is 16.7 Å². The molecule has 1 aromatic carbocycles. The molecule has 156 valence electrons. The fourth-order valence-corrected chi connectivity index (χ4v) is 4.16. The molecule has 2 aromatic rings. The predicted molar refractivity (Wildman–Crippen MR) is 114 cm³/mol. The Balaban J connectivity index is 1.82. The van der Waals surface area contributed by atoms with E-state index in [1.807, 2.05) is 12.1 Å². The summed E-state index contributed by atoms with van der Waals surface area (Å²) in [6, 6.07) is 5.93. The van der Waals surface area contributed by atoms with E-state index in [-0.39, 0.29) is 5.75 Å². The molecule has 0 spiro atoms. The van der Waals surface area contributed by atoms with Crippen molar-refractivity contribution < 1.29 is 9.84 Å². The van der Waals surface area contributed by atoms with Gasteiger partial charge in [-0.25, -0.2) is 0 Å². The maximum atomic E-state index is 10.1. The molecule has 1 aliphatic heterocycles. The number of ether oxygens (including phenoxy) is 1. The van der Waals surface area contributed by atoms with Gasteiger partial charge in [-0.3, -0.25) is 9.58 Å². The van der Waals surface area contributed by atoms with Crippen molar-refractivity contribution in [2.45, 2.75) is 45.7 Å². The van der Waals surface area contributed by atoms with Crippen molar-refractivity contribution in [2.24, 2.45) is 5.73 Å². The maximum Gasteiger partial charge on any atom is 0.158 e. The largest absolute Gasteiger partial charge is 0.508 e. The second-order valence-corrected chi connectivity index (χ2v) is 7.48. The Bertz CT molecular complexity index is 742. The highest BCUT2D eigenvalue weighted by Crippen LogP contribution is 2.31. The number of morpholine rings is 1. The maximum absolute atomic E-state index is 10.1. The standard InChI is InChI=1S/C21H35N5O2/c1-3-17(8-9-22)25(4-2)21-19-16-18(27)6-7-20(19)26(23-21)11-5-10-24-12-14-28-15-13-24/h6-7,16-17,27H,3-5,8-15,22H2,1-2H3. The van der Waals surface area contributed by atoms with E-state index >= 15 is 0 Å². The number of aromatic nitrogens is 2. The van der Waals surface area contributed by atoms with Crippen molar-refractivity contribution in [3.8, 4) is 5.75 Å². The SMILES string of the molecule is CCC(CCN)N(CC)c1nn(CCCN2CCOCC2)c2ccc(O)cc12. The van der Waals surface area contributed by atoms with Gasteiger partial charge >= 0.3 is 0 Å². The number of nitrogens with two attached hydrogens (primary N) is 1. The van der Waals surface area contributed by atoms with Crippen LogP contribution >= 0.6 is 0 Å². The summed E-state index contributed by atoms with van der Waals surface area (Å²) in [4.78, 5) is 4.79. The summed E-state index contributed by atoms with van der Waals surface area (Å²) in [5.41, 5.74) is 6.93. The van der Waals surface area contributed by atoms with Gasteiger partial charge in [0.1, 0.15) is 5.75 Å². The Hall–Kier alpha value is -1.83. The average molecular weight is 390 g/mol. The zero-order valence-electron chi connectivity index (χ0n) is 17.3. The molecule has 0 radical (unpaired) electrons. The van der Waals surface area contributed by atoms with Crippen LogP contribution in [0.3, 0.4) is 0 Å². The molecule has 3 N–H and O–H groups in total. The summed E-state index contributed by atoms with van der Waals surface area (Å²) in [6.45, 7) is 11.5. The molecule has 0 aliphatic carbocycles. The highest BCUT2D eigenvalue weighted by atomic mass is 16.5. The molecule has 7 nitrogen and oxygen atoms in total. The van der Waals surface area contributed by atoms with E-state index < -0.39 is 0 Å². The van der Waals surface area contributed by atoms with Gasteiger partial charge in [0.25, 0.3) is 0 Å². The number of aromatic hydroxyl groups is 1. The van der Waals surface area contributed by atoms with E-state index in [9.17, 15) is 5.11 Å². The Labute approximate surface area is 168 Å². The lowest BCUT2D eigenvalue weighted by Gasteiger charge is -2.30. The number of rotatable bonds is 10. The minimum atomic E-state index is 0.282. The quantitative estimate of drug-likeness (QED) is 0.650. The van der Waals surface area contributed by atoms with Gasteiger partial charge in [-0.05, 0) is 50.9 Å². The first-order chi connectivity index (χ1) is 13.7. The minimum Gasteiger partial charge on any atom is -0.508 e. The predicted octanol–water partition coefficient (Wildman–Crippen LogP) is 2.42. The number of phenolic OH excluding ortho intramolecular Hbond substituents is 1. The highest BCUT2D eigenvalue weighted by molar-refractivity contribution is 5.92. The fourth-order valence-electron chi connectivity index (χ4n) is 4.16. The van der Waals surface area contributed by atoms with E-state index in [4.69, 9.17) is 15.6 Å². The number of benzene rings is 1. The summed E-state index contributed by atoms with van der Waals surface area (Å²) in [5.74, 6) is 1.24. The molecule has 2 heterocycles. The van der Waals surface area contributed by atoms with E-state index in [1.54, 1.807) is 6.07 Å². The molecule has 1 saturated heterocycles. The van der Waals surface area contributed by atoms with Gasteiger partial charge in [0.15, 0.2) is 5.82 Å². The molecule has 3 rings (SSSR count). The van der Waals surface area contributed by atoms with Crippen molar-refractivity contribution in [3.05, 3.63) is 18.2 Å². The number of nitrogens with zero attached hydrogens (tertiary/aromatic N) is 4. The fraction of sp³-hybridized carbons (Fsp3) is 0.667. The molecule has 7 heteroatoms. The Morgan fingerprint density at radius 2 is 2.04 bits per heavy atom. The van der Waals surface area contributed by atoms with Crippen molar-refractivity contribution in [3.63, 3.8) is 0 Å². The lowest BCUT2D eigenvalue weighted by Crippen LogP contribution is -2.37. The van der Waals surface area contributed by atoms with E-state index in [0.29, 0.717) is 12.6 Å². The minimum absolute atomic E-state index is 0.282. The number of anilines is 1. The van der Waals surface area contributed by atoms with Crippen LogP contribution in [0.5, 0.6) is 5.75 Å². The number of aryl methyl sites for hydroxylation is 1. The summed E-state index contributed by atoms with van der Waals surface area (Å²) < 4.78 is 7.53. The van der Waals surface area contributed by atoms with Gasteiger partial charge in [0.05, 0.1) is 18.7 Å². The van der Waals surface area contributed by atoms with Gasteiger partial charge in [-0.1, -0.05) is 6.92 Å². The van der Waals surface area contributed by atoms with Crippen LogP contribution < -0.4 is 10.6 Å². The van der Waals surface area contributed by atoms with Crippen LogP contribution in [0.2, 0.25) is 0 Å². The van der Waals surface area contributed by atoms with Crippen molar-refractivity contribution in [1.29, 1.82) is 0 Å². The molecule has 1 unspecified atom stereocenters. The van der Waals surface area contributed by atoms with Gasteiger partial charge in [-0.15, -0.1) is 0 Å². The van der Waals surface area contributed by atoms with Crippen LogP contribution in [0.4, 0.5) is 5.82 Å². The molecule has 0 amide bonds. The number of hydrogen-bond donors (Lipinski definition) is 2. The summed E-state index contributed by atoms with van der Waals surface area (Å²) >= 11 is 0. The molecule has 1 atom stereocenters. The van der Waals surface area contributed by atoms with Gasteiger partial charge in [0, 0.05) is 44.2 Å². The van der Waals surface area contributed by atoms with Crippen LogP contribution in [0.1, 0.15) is 33.1 Å². The Morgan fingerprint density at radius 1 is 1.25 bits per heavy atom. The first-order valence-electron chi connectivity index (χ1n) is 10.6. The molecule has 1 aliphatic rings. The smallest absolute Gasteiger partial charge is 0.158 e. The third kappa shape index (κ3) is 4.77. The van der Waals surface area contributed by atoms with E-state index in [2.05, 4.69) is 28.3 Å². The van der Waals surface area contributed by atoms with E-state index in [1.165, 1.54) is 0 Å². The van der Waals surface area contributed by atoms with Crippen molar-refractivity contribution in [1.82, 2.24) is 14.7 Å². The molecule has 0 saturated carbocycles. The summed E-state index contributed by atoms with van der Waals surface area (Å²) in [5, 5.41) is 16.1. The third-order valence-corrected chi connectivity index (χ3v) is 5.69. The van der Waals surface area contributed by atoms with Crippen LogP contribution in [-0.4, -0.2) is 71.8 Å². The third-order valence-electron chi connectivity index (χ3n) is 5.69. The van der Waals surface area contributed by atoms with E-state index in [0.717, 1.165) is 81.9 Å². The first-order valence-corrected chi connectivity index (χ1v) is 10.6. The monoisotopic (exact) mass is 389 g/mol. The second kappa shape index (κ2) is 10.1. The number of fused-ring (bicyclic) bond motifs is 1. The molecular weight excluding hydrogens is 354 g/mol. The zero-order valence-corrected chi connectivity index (χ0v) is 17.3. The van der Waals surface area contributed by atoms with Crippen molar-refractivity contribution in [2.75, 3.05) is 50.8 Å². The van der Waals surface area contributed by atoms with Crippen LogP contribution in [0.25, 0.3) is 10.9 Å². The summed E-state index contributed by atoms with van der Waals surface area (Å²) in [6.07, 6.45) is 3.01. The Kier molecular flexibility index (Phi) is 7.53. The van der Waals surface area contributed by atoms with Gasteiger partial charge < -0.3 is 20.5 Å². The molecule has 1 fully saturated rings. The molecule has 1 aromatic heterocycles. The van der Waals surface area contributed by atoms with Crippen LogP contribution in [-0.2, 0) is 11.3 Å². The molecule has 0 bridgehead atoms. The number of hydrogen-bond acceptors (Lipinski definition) is 6. The van der Waals surface area contributed by atoms with Crippen LogP contribution in [0.15, 0.2) is 18.2 Å². The summed E-state index contributed by atoms with van der Waals surface area (Å²) in [7, 11) is 0. The molecular formula is C21H35N5O2. The van der Waals surface area contributed by atoms with Crippen LogP contribution in [0, 0.1) is 0 Å². The second-order valence-electron chi connectivity index (χ2n) is 7.48. The Morgan fingerprint density at radius 3 is 2.71 bits per heavy atom. The lowest BCUT2D eigenvalue weighted by atomic mass is 10.1. The lowest BCUT2D eigenvalue weighted by molar-refractivity contribution is 0.0368.